The van der Waals surface area contributed by atoms with E-state index in [0.717, 1.165) is 0 Å². The standard InChI is InChI=1S/C18H24N4O4/c1-2-25-9-7-19-18(24)15-11-22(8-10-26-15)12-16-20-14-6-4-3-5-13(14)17(23)21-16/h3-6,15H,2,7-12H2,1H3,(H,19,24)(H,20,21,23)/t15-/m1/s1. The zero-order valence-corrected chi connectivity index (χ0v) is 14.9. The van der Waals surface area contributed by atoms with Crippen LogP contribution in [0.15, 0.2) is 29.1 Å². The molecule has 2 N–H and O–H groups in total. The molecule has 2 aromatic rings. The smallest absolute Gasteiger partial charge is 0.258 e. The van der Waals surface area contributed by atoms with Crippen molar-refractivity contribution in [1.29, 1.82) is 0 Å². The molecular weight excluding hydrogens is 336 g/mol. The van der Waals surface area contributed by atoms with Crippen LogP contribution in [-0.2, 0) is 20.8 Å². The summed E-state index contributed by atoms with van der Waals surface area (Å²) in [4.78, 5) is 33.8. The van der Waals surface area contributed by atoms with E-state index in [1.165, 1.54) is 0 Å². The molecule has 1 amide bonds. The first-order valence-corrected chi connectivity index (χ1v) is 8.84. The molecule has 0 saturated carbocycles. The van der Waals surface area contributed by atoms with Gasteiger partial charge in [-0.15, -0.1) is 0 Å². The second-order valence-electron chi connectivity index (χ2n) is 6.11. The Kier molecular flexibility index (Phi) is 6.32. The number of H-pyrrole nitrogens is 1. The quantitative estimate of drug-likeness (QED) is 0.689. The van der Waals surface area contributed by atoms with Gasteiger partial charge in [0.15, 0.2) is 0 Å². The van der Waals surface area contributed by atoms with E-state index in [1.54, 1.807) is 6.07 Å². The van der Waals surface area contributed by atoms with Crippen molar-refractivity contribution in [3.63, 3.8) is 0 Å². The number of para-hydroxylation sites is 1. The van der Waals surface area contributed by atoms with Crippen molar-refractivity contribution in [2.45, 2.75) is 19.6 Å². The van der Waals surface area contributed by atoms with Gasteiger partial charge in [-0.3, -0.25) is 14.5 Å². The van der Waals surface area contributed by atoms with Crippen molar-refractivity contribution >= 4 is 16.8 Å². The number of hydrogen-bond donors (Lipinski definition) is 2. The van der Waals surface area contributed by atoms with Crippen molar-refractivity contribution in [1.82, 2.24) is 20.2 Å². The zero-order chi connectivity index (χ0) is 18.4. The number of hydrogen-bond acceptors (Lipinski definition) is 6. The minimum Gasteiger partial charge on any atom is -0.380 e. The monoisotopic (exact) mass is 360 g/mol. The van der Waals surface area contributed by atoms with Crippen LogP contribution in [-0.4, -0.2) is 66.3 Å². The predicted octanol–water partition coefficient (Wildman–Crippen LogP) is 0.277. The highest BCUT2D eigenvalue weighted by atomic mass is 16.5. The first kappa shape index (κ1) is 18.5. The number of rotatable bonds is 7. The Morgan fingerprint density at radius 2 is 2.31 bits per heavy atom. The molecule has 0 unspecified atom stereocenters. The van der Waals surface area contributed by atoms with Crippen LogP contribution in [0.3, 0.4) is 0 Å². The predicted molar refractivity (Wildman–Crippen MR) is 96.9 cm³/mol. The molecule has 0 radical (unpaired) electrons. The molecule has 1 fully saturated rings. The van der Waals surface area contributed by atoms with Crippen LogP contribution in [0.2, 0.25) is 0 Å². The van der Waals surface area contributed by atoms with E-state index < -0.39 is 6.10 Å². The van der Waals surface area contributed by atoms with E-state index in [1.807, 2.05) is 25.1 Å². The molecule has 8 heteroatoms. The first-order chi connectivity index (χ1) is 12.7. The number of carbonyl (C=O) groups is 1. The minimum absolute atomic E-state index is 0.144. The molecule has 8 nitrogen and oxygen atoms in total. The van der Waals surface area contributed by atoms with E-state index in [2.05, 4.69) is 20.2 Å². The summed E-state index contributed by atoms with van der Waals surface area (Å²) < 4.78 is 10.8. The maximum Gasteiger partial charge on any atom is 0.258 e. The molecule has 1 saturated heterocycles. The summed E-state index contributed by atoms with van der Waals surface area (Å²) in [7, 11) is 0. The maximum atomic E-state index is 12.2. The summed E-state index contributed by atoms with van der Waals surface area (Å²) in [6.07, 6.45) is -0.530. The largest absolute Gasteiger partial charge is 0.380 e. The number of nitrogens with one attached hydrogen (secondary N) is 2. The average molecular weight is 360 g/mol. The highest BCUT2D eigenvalue weighted by Gasteiger charge is 2.26. The number of aromatic amines is 1. The van der Waals surface area contributed by atoms with Gasteiger partial charge in [0.2, 0.25) is 0 Å². The van der Waals surface area contributed by atoms with Gasteiger partial charge in [-0.25, -0.2) is 4.98 Å². The number of amides is 1. The average Bonchev–Trinajstić information content (AvgIpc) is 2.65. The van der Waals surface area contributed by atoms with Gasteiger partial charge < -0.3 is 19.8 Å². The number of carbonyl (C=O) groups excluding carboxylic acids is 1. The number of nitrogens with zero attached hydrogens (tertiary/aromatic N) is 2. The van der Waals surface area contributed by atoms with Crippen LogP contribution < -0.4 is 10.9 Å². The summed E-state index contributed by atoms with van der Waals surface area (Å²) >= 11 is 0. The molecule has 1 atom stereocenters. The van der Waals surface area contributed by atoms with Crippen molar-refractivity contribution in [3.8, 4) is 0 Å². The summed E-state index contributed by atoms with van der Waals surface area (Å²) in [5.74, 6) is 0.445. The van der Waals surface area contributed by atoms with E-state index in [4.69, 9.17) is 9.47 Å². The SMILES string of the molecule is CCOCCNC(=O)[C@H]1CN(Cc2nc3ccccc3c(=O)[nH]2)CCO1. The van der Waals surface area contributed by atoms with Gasteiger partial charge in [-0.2, -0.15) is 0 Å². The van der Waals surface area contributed by atoms with Gasteiger partial charge in [-0.1, -0.05) is 12.1 Å². The second-order valence-corrected chi connectivity index (χ2v) is 6.11. The van der Waals surface area contributed by atoms with E-state index in [9.17, 15) is 9.59 Å². The Morgan fingerprint density at radius 3 is 3.15 bits per heavy atom. The van der Waals surface area contributed by atoms with Crippen molar-refractivity contribution < 1.29 is 14.3 Å². The first-order valence-electron chi connectivity index (χ1n) is 8.84. The zero-order valence-electron chi connectivity index (χ0n) is 14.9. The highest BCUT2D eigenvalue weighted by molar-refractivity contribution is 5.81. The molecule has 26 heavy (non-hydrogen) atoms. The van der Waals surface area contributed by atoms with Gasteiger partial charge >= 0.3 is 0 Å². The van der Waals surface area contributed by atoms with Crippen molar-refractivity contribution in [2.24, 2.45) is 0 Å². The lowest BCUT2D eigenvalue weighted by molar-refractivity contribution is -0.139. The molecule has 3 rings (SSSR count). The molecular formula is C18H24N4O4. The molecule has 0 bridgehead atoms. The number of fused-ring (bicyclic) bond motifs is 1. The van der Waals surface area contributed by atoms with Crippen LogP contribution in [0.4, 0.5) is 0 Å². The van der Waals surface area contributed by atoms with Crippen LogP contribution in [0.5, 0.6) is 0 Å². The molecule has 0 aliphatic carbocycles. The Bertz CT molecular complexity index is 807. The molecule has 1 aromatic heterocycles. The Balaban J connectivity index is 1.60. The number of benzene rings is 1. The fraction of sp³-hybridized carbons (Fsp3) is 0.500. The fourth-order valence-corrected chi connectivity index (χ4v) is 2.93. The molecule has 1 aliphatic heterocycles. The Labute approximate surface area is 151 Å². The van der Waals surface area contributed by atoms with Crippen molar-refractivity contribution in [3.05, 3.63) is 40.4 Å². The van der Waals surface area contributed by atoms with Crippen LogP contribution in [0.25, 0.3) is 10.9 Å². The van der Waals surface area contributed by atoms with E-state index in [0.29, 0.717) is 62.7 Å². The topological polar surface area (TPSA) is 96.5 Å². The number of ether oxygens (including phenoxy) is 2. The van der Waals surface area contributed by atoms with Crippen molar-refractivity contribution in [2.75, 3.05) is 39.5 Å². The molecule has 1 aromatic carbocycles. The minimum atomic E-state index is -0.530. The van der Waals surface area contributed by atoms with Gasteiger partial charge in [-0.05, 0) is 19.1 Å². The molecule has 140 valence electrons. The number of morpholine rings is 1. The van der Waals surface area contributed by atoms with Crippen LogP contribution >= 0.6 is 0 Å². The number of aromatic nitrogens is 2. The summed E-state index contributed by atoms with van der Waals surface area (Å²) in [5.41, 5.74) is 0.522. The lowest BCUT2D eigenvalue weighted by Crippen LogP contribution is -2.50. The Hall–Kier alpha value is -2.29. The van der Waals surface area contributed by atoms with Crippen LogP contribution in [0.1, 0.15) is 12.7 Å². The summed E-state index contributed by atoms with van der Waals surface area (Å²) in [6.45, 7) is 5.55. The highest BCUT2D eigenvalue weighted by Crippen LogP contribution is 2.10. The van der Waals surface area contributed by atoms with Gasteiger partial charge in [0.05, 0.1) is 30.7 Å². The Morgan fingerprint density at radius 1 is 1.46 bits per heavy atom. The van der Waals surface area contributed by atoms with E-state index in [-0.39, 0.29) is 11.5 Å². The third-order valence-corrected chi connectivity index (χ3v) is 4.23. The maximum absolute atomic E-state index is 12.2. The lowest BCUT2D eigenvalue weighted by atomic mass is 10.2. The van der Waals surface area contributed by atoms with Crippen LogP contribution in [0, 0.1) is 0 Å². The van der Waals surface area contributed by atoms with Gasteiger partial charge in [0.25, 0.3) is 11.5 Å². The molecule has 0 spiro atoms. The van der Waals surface area contributed by atoms with E-state index >= 15 is 0 Å². The fourth-order valence-electron chi connectivity index (χ4n) is 2.93. The third kappa shape index (κ3) is 4.66. The molecule has 2 heterocycles. The second kappa shape index (κ2) is 8.88. The summed E-state index contributed by atoms with van der Waals surface area (Å²) in [5, 5.41) is 3.39. The van der Waals surface area contributed by atoms with Gasteiger partial charge in [0, 0.05) is 26.2 Å². The third-order valence-electron chi connectivity index (χ3n) is 4.23. The molecule has 1 aliphatic rings. The normalized spacial score (nSPS) is 18.1. The van der Waals surface area contributed by atoms with Gasteiger partial charge in [0.1, 0.15) is 11.9 Å². The summed E-state index contributed by atoms with van der Waals surface area (Å²) in [6, 6.07) is 7.25. The lowest BCUT2D eigenvalue weighted by Gasteiger charge is -2.31.